The number of likely N-dealkylation sites (tertiary alicyclic amines) is 1. The maximum Gasteiger partial charge on any atom is 0.283 e. The van der Waals surface area contributed by atoms with Crippen LogP contribution in [0.5, 0.6) is 0 Å². The van der Waals surface area contributed by atoms with E-state index in [2.05, 4.69) is 4.72 Å². The first-order valence-corrected chi connectivity index (χ1v) is 11.5. The molecule has 0 aromatic heterocycles. The average molecular weight is 469 g/mol. The predicted octanol–water partition coefficient (Wildman–Crippen LogP) is 4.44. The SMILES string of the molecule is CCSN[C@@H]1[C@H](Cc2cccc(-c3ccccc3F)c2F)N(C(=O)C2CCO2)CC1(F)F. The molecule has 2 fully saturated rings. The summed E-state index contributed by atoms with van der Waals surface area (Å²) in [5.74, 6) is -4.39. The molecule has 0 aliphatic carbocycles. The van der Waals surface area contributed by atoms with Crippen molar-refractivity contribution in [2.24, 2.45) is 0 Å². The van der Waals surface area contributed by atoms with Crippen molar-refractivity contribution in [3.8, 4) is 11.1 Å². The second kappa shape index (κ2) is 9.41. The first-order valence-electron chi connectivity index (χ1n) is 10.5. The largest absolute Gasteiger partial charge is 0.368 e. The molecule has 2 aliphatic heterocycles. The number of nitrogens with zero attached hydrogens (tertiary/aromatic N) is 1. The lowest BCUT2D eigenvalue weighted by Gasteiger charge is -2.34. The van der Waals surface area contributed by atoms with Crippen LogP contribution in [0.4, 0.5) is 17.6 Å². The number of carbonyl (C=O) groups is 1. The Kier molecular flexibility index (Phi) is 6.78. The van der Waals surface area contributed by atoms with Crippen LogP contribution in [0.3, 0.4) is 0 Å². The van der Waals surface area contributed by atoms with Crippen LogP contribution in [0.1, 0.15) is 18.9 Å². The van der Waals surface area contributed by atoms with Crippen LogP contribution in [-0.2, 0) is 16.0 Å². The quantitative estimate of drug-likeness (QED) is 0.482. The molecule has 2 aromatic rings. The Balaban J connectivity index is 1.68. The summed E-state index contributed by atoms with van der Waals surface area (Å²) in [6.07, 6.45) is -0.392. The highest BCUT2D eigenvalue weighted by Crippen LogP contribution is 2.38. The van der Waals surface area contributed by atoms with Gasteiger partial charge in [-0.15, -0.1) is 0 Å². The number of alkyl halides is 2. The summed E-state index contributed by atoms with van der Waals surface area (Å²) in [5, 5.41) is 0. The van der Waals surface area contributed by atoms with Crippen LogP contribution in [0.2, 0.25) is 0 Å². The smallest absolute Gasteiger partial charge is 0.283 e. The van der Waals surface area contributed by atoms with Crippen molar-refractivity contribution in [2.75, 3.05) is 18.9 Å². The molecule has 4 rings (SSSR count). The fourth-order valence-corrected chi connectivity index (χ4v) is 4.85. The first-order chi connectivity index (χ1) is 15.3. The van der Waals surface area contributed by atoms with Crippen LogP contribution in [0.25, 0.3) is 11.1 Å². The lowest BCUT2D eigenvalue weighted by atomic mass is 9.95. The van der Waals surface area contributed by atoms with E-state index in [-0.39, 0.29) is 23.1 Å². The second-order valence-electron chi connectivity index (χ2n) is 7.93. The Morgan fingerprint density at radius 3 is 2.56 bits per heavy atom. The number of halogens is 4. The van der Waals surface area contributed by atoms with Crippen molar-refractivity contribution in [3.63, 3.8) is 0 Å². The molecule has 0 saturated carbocycles. The summed E-state index contributed by atoms with van der Waals surface area (Å²) >= 11 is 1.13. The molecule has 2 aliphatic rings. The number of ether oxygens (including phenoxy) is 1. The van der Waals surface area contributed by atoms with Gasteiger partial charge in [-0.1, -0.05) is 55.3 Å². The van der Waals surface area contributed by atoms with E-state index in [4.69, 9.17) is 4.74 Å². The predicted molar refractivity (Wildman–Crippen MR) is 115 cm³/mol. The molecule has 2 heterocycles. The first kappa shape index (κ1) is 23.1. The van der Waals surface area contributed by atoms with E-state index in [1.807, 2.05) is 6.92 Å². The Bertz CT molecular complexity index is 986. The molecule has 1 amide bonds. The zero-order valence-corrected chi connectivity index (χ0v) is 18.3. The van der Waals surface area contributed by atoms with Gasteiger partial charge in [0.1, 0.15) is 23.8 Å². The van der Waals surface area contributed by atoms with Crippen molar-refractivity contribution < 1.29 is 27.1 Å². The molecule has 32 heavy (non-hydrogen) atoms. The maximum absolute atomic E-state index is 15.4. The molecule has 4 nitrogen and oxygen atoms in total. The third kappa shape index (κ3) is 4.38. The van der Waals surface area contributed by atoms with Gasteiger partial charge in [0.2, 0.25) is 0 Å². The number of rotatable bonds is 7. The van der Waals surface area contributed by atoms with E-state index in [0.717, 1.165) is 16.8 Å². The molecule has 0 spiro atoms. The third-order valence-electron chi connectivity index (χ3n) is 5.91. The molecule has 0 radical (unpaired) electrons. The number of hydrogen-bond donors (Lipinski definition) is 1. The topological polar surface area (TPSA) is 41.6 Å². The van der Waals surface area contributed by atoms with E-state index in [9.17, 15) is 18.0 Å². The zero-order valence-electron chi connectivity index (χ0n) is 17.5. The number of nitrogens with one attached hydrogen (secondary N) is 1. The van der Waals surface area contributed by atoms with Gasteiger partial charge in [0, 0.05) is 23.3 Å². The Labute approximate surface area is 188 Å². The van der Waals surface area contributed by atoms with Crippen LogP contribution >= 0.6 is 11.9 Å². The normalized spacial score (nSPS) is 24.4. The van der Waals surface area contributed by atoms with E-state index >= 15 is 4.39 Å². The van der Waals surface area contributed by atoms with Gasteiger partial charge in [-0.25, -0.2) is 17.6 Å². The Morgan fingerprint density at radius 1 is 1.19 bits per heavy atom. The molecule has 2 aromatic carbocycles. The van der Waals surface area contributed by atoms with Crippen molar-refractivity contribution in [1.82, 2.24) is 9.62 Å². The molecule has 172 valence electrons. The second-order valence-corrected chi connectivity index (χ2v) is 9.04. The molecular formula is C23H24F4N2O2S. The lowest BCUT2D eigenvalue weighted by Crippen LogP contribution is -2.51. The van der Waals surface area contributed by atoms with E-state index in [1.165, 1.54) is 30.3 Å². The van der Waals surface area contributed by atoms with Gasteiger partial charge in [-0.05, 0) is 18.1 Å². The summed E-state index contributed by atoms with van der Waals surface area (Å²) in [6, 6.07) is 7.99. The van der Waals surface area contributed by atoms with E-state index < -0.39 is 48.2 Å². The van der Waals surface area contributed by atoms with Crippen molar-refractivity contribution >= 4 is 17.9 Å². The monoisotopic (exact) mass is 468 g/mol. The summed E-state index contributed by atoms with van der Waals surface area (Å²) in [7, 11) is 0. The van der Waals surface area contributed by atoms with Gasteiger partial charge < -0.3 is 9.64 Å². The standard InChI is InChI=1S/C23H24F4N2O2S/c1-2-32-28-21-18(29(13-23(21,26)27)22(30)19-10-11-31-19)12-14-6-5-8-16(20(14)25)15-7-3-4-9-17(15)24/h3-9,18-19,21,28H,2,10-13H2,1H3/t18-,19?,21+/m0/s1. The van der Waals surface area contributed by atoms with Crippen molar-refractivity contribution in [2.45, 2.75) is 43.9 Å². The summed E-state index contributed by atoms with van der Waals surface area (Å²) < 4.78 is 67.5. The van der Waals surface area contributed by atoms with Crippen LogP contribution in [0, 0.1) is 11.6 Å². The molecule has 0 bridgehead atoms. The van der Waals surface area contributed by atoms with Gasteiger partial charge >= 0.3 is 0 Å². The highest BCUT2D eigenvalue weighted by atomic mass is 32.2. The minimum atomic E-state index is -3.19. The molecule has 1 N–H and O–H groups in total. The van der Waals surface area contributed by atoms with E-state index in [1.54, 1.807) is 12.1 Å². The van der Waals surface area contributed by atoms with Gasteiger partial charge in [-0.3, -0.25) is 9.52 Å². The minimum Gasteiger partial charge on any atom is -0.368 e. The molecule has 1 unspecified atom stereocenters. The number of amides is 1. The highest BCUT2D eigenvalue weighted by molar-refractivity contribution is 7.97. The summed E-state index contributed by atoms with van der Waals surface area (Å²) in [5.41, 5.74) is 0.294. The van der Waals surface area contributed by atoms with Gasteiger partial charge in [0.25, 0.3) is 11.8 Å². The van der Waals surface area contributed by atoms with Gasteiger partial charge in [-0.2, -0.15) is 0 Å². The summed E-state index contributed by atoms with van der Waals surface area (Å²) in [6.45, 7) is 1.48. The average Bonchev–Trinajstić information content (AvgIpc) is 2.97. The molecule has 9 heteroatoms. The van der Waals surface area contributed by atoms with Gasteiger partial charge in [0.05, 0.1) is 19.2 Å². The lowest BCUT2D eigenvalue weighted by molar-refractivity contribution is -0.158. The molecular weight excluding hydrogens is 444 g/mol. The zero-order chi connectivity index (χ0) is 22.9. The molecule has 2 saturated heterocycles. The number of benzene rings is 2. The van der Waals surface area contributed by atoms with E-state index in [0.29, 0.717) is 18.8 Å². The van der Waals surface area contributed by atoms with Gasteiger partial charge in [0.15, 0.2) is 0 Å². The number of hydrogen-bond acceptors (Lipinski definition) is 4. The summed E-state index contributed by atoms with van der Waals surface area (Å²) in [4.78, 5) is 14.0. The fourth-order valence-electron chi connectivity index (χ4n) is 4.18. The Morgan fingerprint density at radius 2 is 1.91 bits per heavy atom. The maximum atomic E-state index is 15.4. The molecule has 3 atom stereocenters. The van der Waals surface area contributed by atoms with Crippen LogP contribution < -0.4 is 4.72 Å². The fraction of sp³-hybridized carbons (Fsp3) is 0.435. The van der Waals surface area contributed by atoms with Crippen molar-refractivity contribution in [3.05, 3.63) is 59.7 Å². The Hall–Kier alpha value is -2.10. The van der Waals surface area contributed by atoms with Crippen LogP contribution in [0.15, 0.2) is 42.5 Å². The number of carbonyl (C=O) groups excluding carboxylic acids is 1. The minimum absolute atomic E-state index is 0.0537. The van der Waals surface area contributed by atoms with Crippen molar-refractivity contribution in [1.29, 1.82) is 0 Å². The highest BCUT2D eigenvalue weighted by Gasteiger charge is 2.57. The van der Waals surface area contributed by atoms with Crippen LogP contribution in [-0.4, -0.2) is 53.8 Å². The third-order valence-corrected chi connectivity index (χ3v) is 6.61.